The smallest absolute Gasteiger partial charge is 0.167 e. The van der Waals surface area contributed by atoms with Crippen LogP contribution in [0.4, 0.5) is 5.82 Å². The van der Waals surface area contributed by atoms with Crippen molar-refractivity contribution in [2.45, 2.75) is 30.6 Å². The topological polar surface area (TPSA) is 112 Å². The summed E-state index contributed by atoms with van der Waals surface area (Å²) in [6.07, 6.45) is 6.43. The molecular formula is C18H23N7O2S. The van der Waals surface area contributed by atoms with E-state index in [1.54, 1.807) is 16.9 Å². The lowest BCUT2D eigenvalue weighted by molar-refractivity contribution is 0.0985. The van der Waals surface area contributed by atoms with E-state index < -0.39 is 14.5 Å². The van der Waals surface area contributed by atoms with Crippen LogP contribution >= 0.6 is 0 Å². The molecule has 1 unspecified atom stereocenters. The SMILES string of the molecule is C[C@@H]1COCCN1c1cc(C2(S(C)(=N)=O)CC2)n2ncc(-c3ccn[nH]3)c2n1. The number of H-pyrrole nitrogens is 1. The average molecular weight is 401 g/mol. The van der Waals surface area contributed by atoms with Crippen LogP contribution < -0.4 is 4.90 Å². The summed E-state index contributed by atoms with van der Waals surface area (Å²) in [6.45, 7) is 4.14. The number of ether oxygens (including phenoxy) is 1. The van der Waals surface area contributed by atoms with Crippen LogP contribution in [0.3, 0.4) is 0 Å². The van der Waals surface area contributed by atoms with Crippen LogP contribution in [0.15, 0.2) is 24.5 Å². The highest BCUT2D eigenvalue weighted by Gasteiger charge is 2.53. The van der Waals surface area contributed by atoms with E-state index in [2.05, 4.69) is 27.1 Å². The highest BCUT2D eigenvalue weighted by atomic mass is 32.2. The van der Waals surface area contributed by atoms with Gasteiger partial charge in [0.05, 0.1) is 56.9 Å². The fraction of sp³-hybridized carbons (Fsp3) is 0.500. The lowest BCUT2D eigenvalue weighted by Crippen LogP contribution is -2.44. The minimum Gasteiger partial charge on any atom is -0.377 e. The van der Waals surface area contributed by atoms with Crippen LogP contribution in [-0.4, -0.2) is 61.1 Å². The first-order valence-corrected chi connectivity index (χ1v) is 11.3. The average Bonchev–Trinajstić information content (AvgIpc) is 3.11. The maximum Gasteiger partial charge on any atom is 0.167 e. The van der Waals surface area contributed by atoms with E-state index in [0.717, 1.165) is 42.2 Å². The van der Waals surface area contributed by atoms with Gasteiger partial charge in [-0.2, -0.15) is 10.2 Å². The molecule has 3 aromatic rings. The number of morpholine rings is 1. The highest BCUT2D eigenvalue weighted by Crippen LogP contribution is 2.53. The number of nitrogens with one attached hydrogen (secondary N) is 2. The summed E-state index contributed by atoms with van der Waals surface area (Å²) in [5, 5.41) is 11.6. The van der Waals surface area contributed by atoms with Crippen molar-refractivity contribution in [1.29, 1.82) is 4.78 Å². The Hall–Kier alpha value is -2.46. The zero-order valence-corrected chi connectivity index (χ0v) is 16.7. The number of anilines is 1. The van der Waals surface area contributed by atoms with Crippen LogP contribution in [0.1, 0.15) is 25.5 Å². The van der Waals surface area contributed by atoms with Gasteiger partial charge in [-0.25, -0.2) is 13.7 Å². The summed E-state index contributed by atoms with van der Waals surface area (Å²) in [6, 6.07) is 4.04. The van der Waals surface area contributed by atoms with Crippen molar-refractivity contribution in [3.8, 4) is 11.3 Å². The Morgan fingerprint density at radius 3 is 2.89 bits per heavy atom. The Labute approximate surface area is 163 Å². The molecule has 0 radical (unpaired) electrons. The Morgan fingerprint density at radius 2 is 2.25 bits per heavy atom. The summed E-state index contributed by atoms with van der Waals surface area (Å²) < 4.78 is 27.8. The number of hydrogen-bond acceptors (Lipinski definition) is 7. The van der Waals surface area contributed by atoms with Crippen molar-refractivity contribution in [1.82, 2.24) is 24.8 Å². The molecule has 2 N–H and O–H groups in total. The first kappa shape index (κ1) is 17.6. The molecule has 0 aromatic carbocycles. The maximum absolute atomic E-state index is 12.9. The van der Waals surface area contributed by atoms with Gasteiger partial charge in [0.2, 0.25) is 0 Å². The van der Waals surface area contributed by atoms with Gasteiger partial charge >= 0.3 is 0 Å². The molecule has 0 spiro atoms. The van der Waals surface area contributed by atoms with Crippen LogP contribution in [-0.2, 0) is 19.2 Å². The van der Waals surface area contributed by atoms with Crippen LogP contribution in [0.25, 0.3) is 16.9 Å². The van der Waals surface area contributed by atoms with E-state index in [1.165, 1.54) is 6.26 Å². The van der Waals surface area contributed by atoms with Crippen LogP contribution in [0.5, 0.6) is 0 Å². The Morgan fingerprint density at radius 1 is 1.43 bits per heavy atom. The number of fused-ring (bicyclic) bond motifs is 1. The second-order valence-electron chi connectivity index (χ2n) is 7.72. The molecule has 1 aliphatic carbocycles. The molecule has 3 aromatic heterocycles. The first-order valence-electron chi connectivity index (χ1n) is 9.37. The predicted octanol–water partition coefficient (Wildman–Crippen LogP) is 2.01. The summed E-state index contributed by atoms with van der Waals surface area (Å²) in [7, 11) is -2.79. The molecule has 10 heteroatoms. The van der Waals surface area contributed by atoms with E-state index in [4.69, 9.17) is 14.5 Å². The molecule has 5 rings (SSSR count). The molecule has 4 heterocycles. The molecule has 2 fully saturated rings. The minimum atomic E-state index is -2.79. The summed E-state index contributed by atoms with van der Waals surface area (Å²) in [5.74, 6) is 0.814. The van der Waals surface area contributed by atoms with Crippen molar-refractivity contribution in [2.75, 3.05) is 30.9 Å². The predicted molar refractivity (Wildman–Crippen MR) is 106 cm³/mol. The molecule has 1 aliphatic heterocycles. The van der Waals surface area contributed by atoms with Gasteiger partial charge in [0, 0.05) is 25.1 Å². The third-order valence-corrected chi connectivity index (χ3v) is 7.94. The number of hydrogen-bond donors (Lipinski definition) is 2. The Bertz CT molecular complexity index is 1130. The van der Waals surface area contributed by atoms with E-state index in [0.29, 0.717) is 18.9 Å². The summed E-state index contributed by atoms with van der Waals surface area (Å²) in [4.78, 5) is 7.13. The molecule has 28 heavy (non-hydrogen) atoms. The fourth-order valence-corrected chi connectivity index (χ4v) is 5.47. The van der Waals surface area contributed by atoms with Crippen molar-refractivity contribution in [2.24, 2.45) is 0 Å². The van der Waals surface area contributed by atoms with Gasteiger partial charge in [-0.05, 0) is 25.8 Å². The van der Waals surface area contributed by atoms with Gasteiger partial charge in [0.25, 0.3) is 0 Å². The van der Waals surface area contributed by atoms with E-state index in [-0.39, 0.29) is 6.04 Å². The third kappa shape index (κ3) is 2.55. The molecular weight excluding hydrogens is 378 g/mol. The van der Waals surface area contributed by atoms with Crippen molar-refractivity contribution in [3.63, 3.8) is 0 Å². The summed E-state index contributed by atoms with van der Waals surface area (Å²) in [5.41, 5.74) is 3.16. The van der Waals surface area contributed by atoms with Crippen LogP contribution in [0.2, 0.25) is 0 Å². The maximum atomic E-state index is 12.9. The zero-order chi connectivity index (χ0) is 19.5. The lowest BCUT2D eigenvalue weighted by atomic mass is 10.2. The molecule has 148 valence electrons. The second kappa shape index (κ2) is 6.02. The Kier molecular flexibility index (Phi) is 3.79. The molecule has 9 nitrogen and oxygen atoms in total. The zero-order valence-electron chi connectivity index (χ0n) is 15.9. The number of aromatic nitrogens is 5. The fourth-order valence-electron chi connectivity index (χ4n) is 4.04. The quantitative estimate of drug-likeness (QED) is 0.692. The van der Waals surface area contributed by atoms with Gasteiger partial charge in [-0.15, -0.1) is 0 Å². The highest BCUT2D eigenvalue weighted by molar-refractivity contribution is 7.93. The molecule has 2 aliphatic rings. The number of nitrogens with zero attached hydrogens (tertiary/aromatic N) is 5. The van der Waals surface area contributed by atoms with E-state index in [1.807, 2.05) is 12.1 Å². The van der Waals surface area contributed by atoms with Gasteiger partial charge in [0.1, 0.15) is 5.82 Å². The Balaban J connectivity index is 1.76. The molecule has 0 amide bonds. The van der Waals surface area contributed by atoms with Crippen molar-refractivity contribution < 1.29 is 8.95 Å². The normalized spacial score (nSPS) is 23.6. The number of aromatic amines is 1. The molecule has 1 saturated carbocycles. The summed E-state index contributed by atoms with van der Waals surface area (Å²) >= 11 is 0. The number of rotatable bonds is 4. The van der Waals surface area contributed by atoms with Crippen molar-refractivity contribution >= 4 is 21.2 Å². The molecule has 2 atom stereocenters. The minimum absolute atomic E-state index is 0.187. The third-order valence-electron chi connectivity index (χ3n) is 5.83. The van der Waals surface area contributed by atoms with Gasteiger partial charge in [-0.1, -0.05) is 0 Å². The molecule has 1 saturated heterocycles. The monoisotopic (exact) mass is 401 g/mol. The van der Waals surface area contributed by atoms with Crippen LogP contribution in [0, 0.1) is 4.78 Å². The van der Waals surface area contributed by atoms with E-state index >= 15 is 0 Å². The van der Waals surface area contributed by atoms with Gasteiger partial charge in [0.15, 0.2) is 5.65 Å². The largest absolute Gasteiger partial charge is 0.377 e. The lowest BCUT2D eigenvalue weighted by Gasteiger charge is -2.35. The first-order chi connectivity index (χ1) is 13.4. The van der Waals surface area contributed by atoms with Crippen molar-refractivity contribution in [3.05, 3.63) is 30.2 Å². The van der Waals surface area contributed by atoms with E-state index in [9.17, 15) is 4.21 Å². The second-order valence-corrected chi connectivity index (χ2v) is 10.2. The molecule has 0 bridgehead atoms. The standard InChI is InChI=1S/C18H23N7O2S/c1-12-11-27-8-7-24(12)16-9-15(18(4-5-18)28(2,19)26)25-17(22-16)13(10-21-25)14-3-6-20-23-14/h3,6,9-10,12,19H,4-5,7-8,11H2,1-2H3,(H,20,23)/t12-,28?/m1/s1. The van der Waals surface area contributed by atoms with Gasteiger partial charge < -0.3 is 9.64 Å². The van der Waals surface area contributed by atoms with Gasteiger partial charge in [-0.3, -0.25) is 9.88 Å².